The number of hydrogen-bond donors (Lipinski definition) is 2. The molecule has 3 N–H and O–H groups in total. The van der Waals surface area contributed by atoms with Gasteiger partial charge in [0.2, 0.25) is 0 Å². The molecular formula is C11H17N3O. The molecule has 0 atom stereocenters. The second-order valence-electron chi connectivity index (χ2n) is 4.03. The van der Waals surface area contributed by atoms with Gasteiger partial charge >= 0.3 is 0 Å². The molecule has 0 spiro atoms. The highest BCUT2D eigenvalue weighted by atomic mass is 16.3. The molecule has 2 rings (SSSR count). The molecule has 1 fully saturated rings. The normalized spacial score (nSPS) is 18.1. The number of piperidine rings is 1. The maximum Gasteiger partial charge on any atom is 0.151 e. The Bertz CT molecular complexity index is 321. The topological polar surface area (TPSA) is 62.4 Å². The third-order valence-electron chi connectivity index (χ3n) is 2.99. The van der Waals surface area contributed by atoms with Gasteiger partial charge in [-0.25, -0.2) is 4.98 Å². The monoisotopic (exact) mass is 207 g/mol. The summed E-state index contributed by atoms with van der Waals surface area (Å²) in [7, 11) is 0. The summed E-state index contributed by atoms with van der Waals surface area (Å²) in [5.41, 5.74) is 6.60. The van der Waals surface area contributed by atoms with Gasteiger partial charge in [0.05, 0.1) is 5.69 Å². The van der Waals surface area contributed by atoms with Gasteiger partial charge in [-0.3, -0.25) is 0 Å². The lowest BCUT2D eigenvalue weighted by molar-refractivity contribution is 0.203. The van der Waals surface area contributed by atoms with Crippen molar-refractivity contribution in [2.45, 2.75) is 12.8 Å². The number of pyridine rings is 1. The van der Waals surface area contributed by atoms with E-state index in [1.54, 1.807) is 6.20 Å². The summed E-state index contributed by atoms with van der Waals surface area (Å²) in [4.78, 5) is 6.49. The number of nitrogens with two attached hydrogens (primary N) is 1. The summed E-state index contributed by atoms with van der Waals surface area (Å²) in [5.74, 6) is 1.33. The van der Waals surface area contributed by atoms with Crippen LogP contribution in [0.2, 0.25) is 0 Å². The zero-order valence-corrected chi connectivity index (χ0v) is 8.76. The third-order valence-corrected chi connectivity index (χ3v) is 2.99. The van der Waals surface area contributed by atoms with Crippen LogP contribution in [0, 0.1) is 5.92 Å². The minimum atomic E-state index is 0.297. The van der Waals surface area contributed by atoms with Crippen LogP contribution in [0.4, 0.5) is 11.5 Å². The van der Waals surface area contributed by atoms with E-state index < -0.39 is 0 Å². The molecule has 0 radical (unpaired) electrons. The number of rotatable bonds is 2. The van der Waals surface area contributed by atoms with Crippen LogP contribution in [0.3, 0.4) is 0 Å². The number of aromatic nitrogens is 1. The summed E-state index contributed by atoms with van der Waals surface area (Å²) in [5, 5.41) is 9.04. The van der Waals surface area contributed by atoms with E-state index >= 15 is 0 Å². The van der Waals surface area contributed by atoms with E-state index in [-0.39, 0.29) is 0 Å². The molecule has 15 heavy (non-hydrogen) atoms. The van der Waals surface area contributed by atoms with Crippen LogP contribution in [0.25, 0.3) is 0 Å². The third kappa shape index (κ3) is 2.21. The van der Waals surface area contributed by atoms with E-state index in [0.717, 1.165) is 37.4 Å². The summed E-state index contributed by atoms with van der Waals surface area (Å²) in [6.45, 7) is 2.17. The maximum absolute atomic E-state index is 9.04. The first kappa shape index (κ1) is 10.2. The van der Waals surface area contributed by atoms with E-state index in [2.05, 4.69) is 9.88 Å². The van der Waals surface area contributed by atoms with Gasteiger partial charge in [-0.05, 0) is 30.9 Å². The Kier molecular flexibility index (Phi) is 3.06. The maximum atomic E-state index is 9.04. The molecule has 4 heteroatoms. The molecule has 1 saturated heterocycles. The number of hydrogen-bond acceptors (Lipinski definition) is 4. The van der Waals surface area contributed by atoms with E-state index in [1.807, 2.05) is 12.1 Å². The standard InChI is InChI=1S/C11H17N3O/c12-10-2-1-5-13-11(10)14-6-3-9(8-15)4-7-14/h1-2,5,9,15H,3-4,6-8,12H2. The fourth-order valence-electron chi connectivity index (χ4n) is 2.00. The van der Waals surface area contributed by atoms with Gasteiger partial charge in [0, 0.05) is 25.9 Å². The molecule has 0 aromatic carbocycles. The van der Waals surface area contributed by atoms with Gasteiger partial charge in [-0.15, -0.1) is 0 Å². The van der Waals surface area contributed by atoms with Crippen LogP contribution in [-0.2, 0) is 0 Å². The first-order chi connectivity index (χ1) is 7.31. The molecule has 2 heterocycles. The van der Waals surface area contributed by atoms with E-state index in [9.17, 15) is 0 Å². The SMILES string of the molecule is Nc1cccnc1N1CCC(CO)CC1. The fourth-order valence-corrected chi connectivity index (χ4v) is 2.00. The highest BCUT2D eigenvalue weighted by molar-refractivity contribution is 5.62. The smallest absolute Gasteiger partial charge is 0.151 e. The van der Waals surface area contributed by atoms with Gasteiger partial charge in [0.25, 0.3) is 0 Å². The van der Waals surface area contributed by atoms with Crippen molar-refractivity contribution < 1.29 is 5.11 Å². The highest BCUT2D eigenvalue weighted by Crippen LogP contribution is 2.25. The first-order valence-electron chi connectivity index (χ1n) is 5.37. The Morgan fingerprint density at radius 2 is 2.20 bits per heavy atom. The first-order valence-corrected chi connectivity index (χ1v) is 5.37. The van der Waals surface area contributed by atoms with Crippen molar-refractivity contribution in [2.24, 2.45) is 5.92 Å². The molecule has 0 aliphatic carbocycles. The largest absolute Gasteiger partial charge is 0.396 e. The predicted octanol–water partition coefficient (Wildman–Crippen LogP) is 0.872. The van der Waals surface area contributed by atoms with Crippen molar-refractivity contribution in [3.05, 3.63) is 18.3 Å². The Hall–Kier alpha value is -1.29. The Labute approximate surface area is 89.7 Å². The quantitative estimate of drug-likeness (QED) is 0.755. The van der Waals surface area contributed by atoms with Gasteiger partial charge in [-0.1, -0.05) is 0 Å². The molecule has 0 bridgehead atoms. The van der Waals surface area contributed by atoms with Gasteiger partial charge in [0.1, 0.15) is 0 Å². The molecule has 0 unspecified atom stereocenters. The highest BCUT2D eigenvalue weighted by Gasteiger charge is 2.20. The predicted molar refractivity (Wildman–Crippen MR) is 60.7 cm³/mol. The van der Waals surface area contributed by atoms with Crippen molar-refractivity contribution in [2.75, 3.05) is 30.3 Å². The molecule has 1 aliphatic rings. The lowest BCUT2D eigenvalue weighted by Gasteiger charge is -2.32. The lowest BCUT2D eigenvalue weighted by atomic mass is 9.98. The van der Waals surface area contributed by atoms with Crippen molar-refractivity contribution in [3.63, 3.8) is 0 Å². The van der Waals surface area contributed by atoms with Gasteiger partial charge < -0.3 is 15.7 Å². The number of nitrogens with zero attached hydrogens (tertiary/aromatic N) is 2. The Balaban J connectivity index is 2.04. The van der Waals surface area contributed by atoms with Crippen LogP contribution in [0.5, 0.6) is 0 Å². The minimum Gasteiger partial charge on any atom is -0.396 e. The zero-order chi connectivity index (χ0) is 10.7. The van der Waals surface area contributed by atoms with Crippen molar-refractivity contribution >= 4 is 11.5 Å². The summed E-state index contributed by atoms with van der Waals surface area (Å²) in [6.07, 6.45) is 3.81. The van der Waals surface area contributed by atoms with Gasteiger partial charge in [-0.2, -0.15) is 0 Å². The summed E-state index contributed by atoms with van der Waals surface area (Å²) < 4.78 is 0. The van der Waals surface area contributed by atoms with Crippen molar-refractivity contribution in [1.82, 2.24) is 4.98 Å². The minimum absolute atomic E-state index is 0.297. The molecule has 1 aromatic rings. The molecule has 82 valence electrons. The van der Waals surface area contributed by atoms with Crippen LogP contribution < -0.4 is 10.6 Å². The Morgan fingerprint density at radius 3 is 2.80 bits per heavy atom. The summed E-state index contributed by atoms with van der Waals surface area (Å²) in [6, 6.07) is 3.72. The lowest BCUT2D eigenvalue weighted by Crippen LogP contribution is -2.35. The number of nitrogen functional groups attached to an aromatic ring is 1. The summed E-state index contributed by atoms with van der Waals surface area (Å²) >= 11 is 0. The second-order valence-corrected chi connectivity index (χ2v) is 4.03. The number of aliphatic hydroxyl groups excluding tert-OH is 1. The van der Waals surface area contributed by atoms with Gasteiger partial charge in [0.15, 0.2) is 5.82 Å². The van der Waals surface area contributed by atoms with Crippen LogP contribution >= 0.6 is 0 Å². The zero-order valence-electron chi connectivity index (χ0n) is 8.76. The second kappa shape index (κ2) is 4.49. The van der Waals surface area contributed by atoms with E-state index in [0.29, 0.717) is 12.5 Å². The molecule has 0 amide bonds. The molecular weight excluding hydrogens is 190 g/mol. The van der Waals surface area contributed by atoms with Crippen LogP contribution in [-0.4, -0.2) is 29.8 Å². The fraction of sp³-hybridized carbons (Fsp3) is 0.545. The van der Waals surface area contributed by atoms with Crippen LogP contribution in [0.1, 0.15) is 12.8 Å². The molecule has 0 saturated carbocycles. The van der Waals surface area contributed by atoms with Crippen molar-refractivity contribution in [3.8, 4) is 0 Å². The van der Waals surface area contributed by atoms with E-state index in [4.69, 9.17) is 10.8 Å². The average Bonchev–Trinajstić information content (AvgIpc) is 2.30. The molecule has 1 aliphatic heterocycles. The number of aliphatic hydroxyl groups is 1. The Morgan fingerprint density at radius 1 is 1.47 bits per heavy atom. The average molecular weight is 207 g/mol. The van der Waals surface area contributed by atoms with E-state index in [1.165, 1.54) is 0 Å². The van der Waals surface area contributed by atoms with Crippen molar-refractivity contribution in [1.29, 1.82) is 0 Å². The number of anilines is 2. The van der Waals surface area contributed by atoms with Crippen LogP contribution in [0.15, 0.2) is 18.3 Å². The molecule has 4 nitrogen and oxygen atoms in total. The molecule has 1 aromatic heterocycles.